The first kappa shape index (κ1) is 21.8. The van der Waals surface area contributed by atoms with Gasteiger partial charge in [-0.2, -0.15) is 0 Å². The third kappa shape index (κ3) is 8.47. The fourth-order valence-electron chi connectivity index (χ4n) is 1.61. The van der Waals surface area contributed by atoms with Gasteiger partial charge in [-0.15, -0.1) is 12.4 Å². The molecule has 2 amide bonds. The molecule has 0 fully saturated rings. The summed E-state index contributed by atoms with van der Waals surface area (Å²) in [6, 6.07) is 6.33. The Balaban J connectivity index is 0.00000529. The summed E-state index contributed by atoms with van der Waals surface area (Å²) in [7, 11) is 2.83. The second-order valence-corrected chi connectivity index (χ2v) is 4.55. The van der Waals surface area contributed by atoms with Crippen LogP contribution >= 0.6 is 12.4 Å². The molecule has 1 rings (SSSR count). The Morgan fingerprint density at radius 1 is 1.04 bits per heavy atom. The molecule has 134 valence electrons. The molecule has 0 aliphatic carbocycles. The van der Waals surface area contributed by atoms with Crippen molar-refractivity contribution in [2.75, 3.05) is 45.8 Å². The maximum Gasteiger partial charge on any atom is 0.325 e. The van der Waals surface area contributed by atoms with E-state index in [1.165, 1.54) is 7.11 Å². The van der Waals surface area contributed by atoms with Gasteiger partial charge in [0.2, 0.25) is 5.91 Å². The summed E-state index contributed by atoms with van der Waals surface area (Å²) >= 11 is 0. The lowest BCUT2D eigenvalue weighted by atomic mass is 10.2. The average Bonchev–Trinajstić information content (AvgIpc) is 2.57. The molecular weight excluding hydrogens is 338 g/mol. The predicted molar refractivity (Wildman–Crippen MR) is 91.4 cm³/mol. The van der Waals surface area contributed by atoms with Crippen LogP contribution in [0.4, 0.5) is 5.69 Å². The molecule has 24 heavy (non-hydrogen) atoms. The largest absolute Gasteiger partial charge is 0.468 e. The monoisotopic (exact) mass is 359 g/mol. The Morgan fingerprint density at radius 3 is 2.29 bits per heavy atom. The lowest BCUT2D eigenvalue weighted by Gasteiger charge is -2.08. The van der Waals surface area contributed by atoms with E-state index < -0.39 is 11.9 Å². The summed E-state index contributed by atoms with van der Waals surface area (Å²) in [5.41, 5.74) is 0.957. The van der Waals surface area contributed by atoms with Crippen LogP contribution in [-0.4, -0.2) is 58.2 Å². The second-order valence-electron chi connectivity index (χ2n) is 4.55. The molecule has 0 unspecified atom stereocenters. The van der Waals surface area contributed by atoms with Crippen molar-refractivity contribution in [2.45, 2.75) is 0 Å². The fraction of sp³-hybridized carbons (Fsp3) is 0.400. The molecule has 0 saturated carbocycles. The maximum atomic E-state index is 11.8. The van der Waals surface area contributed by atoms with Crippen LogP contribution in [0.15, 0.2) is 24.3 Å². The highest BCUT2D eigenvalue weighted by Gasteiger charge is 2.08. The molecule has 1 aromatic rings. The summed E-state index contributed by atoms with van der Waals surface area (Å²) < 4.78 is 9.29. The van der Waals surface area contributed by atoms with E-state index in [1.54, 1.807) is 31.4 Å². The van der Waals surface area contributed by atoms with Crippen molar-refractivity contribution in [3.8, 4) is 0 Å². The molecule has 0 heterocycles. The highest BCUT2D eigenvalue weighted by molar-refractivity contribution is 5.97. The molecule has 0 aliphatic rings. The van der Waals surface area contributed by atoms with E-state index in [0.717, 1.165) is 0 Å². The SMILES string of the molecule is COCCNCC(=O)Nc1ccc(C(=O)NCC(=O)OC)cc1.Cl. The van der Waals surface area contributed by atoms with Gasteiger partial charge in [0.15, 0.2) is 0 Å². The molecule has 0 saturated heterocycles. The molecule has 1 aromatic carbocycles. The van der Waals surface area contributed by atoms with Crippen LogP contribution in [-0.2, 0) is 19.1 Å². The summed E-state index contributed by atoms with van der Waals surface area (Å²) in [5.74, 6) is -1.11. The number of carbonyl (C=O) groups excluding carboxylic acids is 3. The number of amides is 2. The van der Waals surface area contributed by atoms with Gasteiger partial charge < -0.3 is 25.4 Å². The first-order valence-corrected chi connectivity index (χ1v) is 7.01. The number of hydrogen-bond acceptors (Lipinski definition) is 6. The minimum atomic E-state index is -0.525. The van der Waals surface area contributed by atoms with Gasteiger partial charge in [-0.05, 0) is 24.3 Å². The molecule has 0 aliphatic heterocycles. The zero-order valence-corrected chi connectivity index (χ0v) is 14.4. The van der Waals surface area contributed by atoms with Crippen LogP contribution in [0.1, 0.15) is 10.4 Å². The lowest BCUT2D eigenvalue weighted by Crippen LogP contribution is -2.30. The Hall–Kier alpha value is -2.16. The highest BCUT2D eigenvalue weighted by atomic mass is 35.5. The molecule has 0 spiro atoms. The summed E-state index contributed by atoms with van der Waals surface area (Å²) in [6.45, 7) is 1.09. The average molecular weight is 360 g/mol. The molecule has 0 bridgehead atoms. The highest BCUT2D eigenvalue weighted by Crippen LogP contribution is 2.09. The number of halogens is 1. The quantitative estimate of drug-likeness (QED) is 0.429. The third-order valence-corrected chi connectivity index (χ3v) is 2.82. The number of nitrogens with one attached hydrogen (secondary N) is 3. The summed E-state index contributed by atoms with van der Waals surface area (Å²) in [6.07, 6.45) is 0. The molecular formula is C15H22ClN3O5. The summed E-state index contributed by atoms with van der Waals surface area (Å²) in [4.78, 5) is 34.4. The second kappa shape index (κ2) is 12.3. The molecule has 9 heteroatoms. The number of carbonyl (C=O) groups is 3. The van der Waals surface area contributed by atoms with Gasteiger partial charge in [0.1, 0.15) is 6.54 Å². The van der Waals surface area contributed by atoms with Gasteiger partial charge in [0.25, 0.3) is 5.91 Å². The number of ether oxygens (including phenoxy) is 2. The van der Waals surface area contributed by atoms with Crippen molar-refractivity contribution in [1.29, 1.82) is 0 Å². The van der Waals surface area contributed by atoms with Gasteiger partial charge in [-0.3, -0.25) is 14.4 Å². The van der Waals surface area contributed by atoms with Crippen LogP contribution in [0.2, 0.25) is 0 Å². The third-order valence-electron chi connectivity index (χ3n) is 2.82. The fourth-order valence-corrected chi connectivity index (χ4v) is 1.61. The molecule has 3 N–H and O–H groups in total. The van der Waals surface area contributed by atoms with E-state index in [1.807, 2.05) is 0 Å². The molecule has 0 atom stereocenters. The van der Waals surface area contributed by atoms with Crippen LogP contribution in [0, 0.1) is 0 Å². The Labute approximate surface area is 146 Å². The number of rotatable bonds is 9. The number of anilines is 1. The Kier molecular flexibility index (Phi) is 11.2. The van der Waals surface area contributed by atoms with Crippen LogP contribution in [0.3, 0.4) is 0 Å². The maximum absolute atomic E-state index is 11.8. The molecule has 0 radical (unpaired) electrons. The first-order valence-electron chi connectivity index (χ1n) is 7.01. The zero-order valence-electron chi connectivity index (χ0n) is 13.6. The van der Waals surface area contributed by atoms with Gasteiger partial charge in [-0.25, -0.2) is 0 Å². The van der Waals surface area contributed by atoms with Crippen molar-refractivity contribution >= 4 is 35.9 Å². The van der Waals surface area contributed by atoms with Crippen molar-refractivity contribution in [1.82, 2.24) is 10.6 Å². The lowest BCUT2D eigenvalue weighted by molar-refractivity contribution is -0.139. The number of esters is 1. The molecule has 8 nitrogen and oxygen atoms in total. The van der Waals surface area contributed by atoms with Crippen LogP contribution in [0.25, 0.3) is 0 Å². The van der Waals surface area contributed by atoms with E-state index in [4.69, 9.17) is 4.74 Å². The van der Waals surface area contributed by atoms with Gasteiger partial charge in [-0.1, -0.05) is 0 Å². The van der Waals surface area contributed by atoms with Crippen molar-refractivity contribution < 1.29 is 23.9 Å². The van der Waals surface area contributed by atoms with Crippen LogP contribution in [0.5, 0.6) is 0 Å². The number of hydrogen-bond donors (Lipinski definition) is 3. The number of benzene rings is 1. The van der Waals surface area contributed by atoms with Gasteiger partial charge in [0.05, 0.1) is 20.3 Å². The van der Waals surface area contributed by atoms with Crippen molar-refractivity contribution in [2.24, 2.45) is 0 Å². The Bertz CT molecular complexity index is 536. The van der Waals surface area contributed by atoms with Crippen LogP contribution < -0.4 is 16.0 Å². The smallest absolute Gasteiger partial charge is 0.325 e. The van der Waals surface area contributed by atoms with Crippen molar-refractivity contribution in [3.63, 3.8) is 0 Å². The minimum absolute atomic E-state index is 0. The predicted octanol–water partition coefficient (Wildman–Crippen LogP) is 0.186. The van der Waals surface area contributed by atoms with E-state index in [2.05, 4.69) is 20.7 Å². The van der Waals surface area contributed by atoms with Gasteiger partial charge >= 0.3 is 5.97 Å². The Morgan fingerprint density at radius 2 is 1.71 bits per heavy atom. The normalized spacial score (nSPS) is 9.58. The molecule has 0 aromatic heterocycles. The van der Waals surface area contributed by atoms with E-state index in [-0.39, 0.29) is 31.4 Å². The minimum Gasteiger partial charge on any atom is -0.468 e. The van der Waals surface area contributed by atoms with E-state index >= 15 is 0 Å². The van der Waals surface area contributed by atoms with Crippen molar-refractivity contribution in [3.05, 3.63) is 29.8 Å². The van der Waals surface area contributed by atoms with E-state index in [0.29, 0.717) is 24.4 Å². The zero-order chi connectivity index (χ0) is 17.1. The topological polar surface area (TPSA) is 106 Å². The van der Waals surface area contributed by atoms with Gasteiger partial charge in [0, 0.05) is 24.9 Å². The number of methoxy groups -OCH3 is 2. The standard InChI is InChI=1S/C15H21N3O5.ClH/c1-22-8-7-16-9-13(19)18-12-5-3-11(4-6-12)15(21)17-10-14(20)23-2;/h3-6,16H,7-10H2,1-2H3,(H,17,21)(H,18,19);1H. The first-order chi connectivity index (χ1) is 11.1. The van der Waals surface area contributed by atoms with E-state index in [9.17, 15) is 14.4 Å². The summed E-state index contributed by atoms with van der Waals surface area (Å²) in [5, 5.41) is 8.05.